The summed E-state index contributed by atoms with van der Waals surface area (Å²) in [7, 11) is 0. The van der Waals surface area contributed by atoms with Crippen LogP contribution in [0.1, 0.15) is 39.2 Å². The third-order valence-corrected chi connectivity index (χ3v) is 2.44. The second-order valence-electron chi connectivity index (χ2n) is 4.67. The summed E-state index contributed by atoms with van der Waals surface area (Å²) < 4.78 is 5.65. The van der Waals surface area contributed by atoms with Crippen LogP contribution in [0, 0.1) is 0 Å². The molecule has 0 saturated heterocycles. The van der Waals surface area contributed by atoms with Gasteiger partial charge in [-0.15, -0.1) is 0 Å². The van der Waals surface area contributed by atoms with Gasteiger partial charge in [-0.2, -0.15) is 0 Å². The fraction of sp³-hybridized carbons (Fsp3) is 0.571. The highest BCUT2D eigenvalue weighted by Crippen LogP contribution is 2.15. The molecule has 0 aromatic carbocycles. The molecule has 1 rings (SSSR count). The van der Waals surface area contributed by atoms with E-state index in [1.807, 2.05) is 26.0 Å². The van der Waals surface area contributed by atoms with Crippen molar-refractivity contribution in [3.63, 3.8) is 0 Å². The van der Waals surface area contributed by atoms with Gasteiger partial charge in [0, 0.05) is 17.8 Å². The van der Waals surface area contributed by atoms with Gasteiger partial charge in [-0.1, -0.05) is 19.4 Å². The number of nitrogens with zero attached hydrogens (tertiary/aromatic N) is 2. The second-order valence-corrected chi connectivity index (χ2v) is 4.67. The van der Waals surface area contributed by atoms with Gasteiger partial charge in [-0.05, 0) is 26.3 Å². The van der Waals surface area contributed by atoms with Crippen molar-refractivity contribution >= 4 is 5.96 Å². The van der Waals surface area contributed by atoms with Crippen LogP contribution in [0.2, 0.25) is 0 Å². The summed E-state index contributed by atoms with van der Waals surface area (Å²) in [5.41, 5.74) is 6.72. The number of nitrogens with two attached hydrogens (primary N) is 1. The summed E-state index contributed by atoms with van der Waals surface area (Å²) in [6, 6.07) is 4.11. The molecule has 0 aliphatic heterocycles. The molecule has 3 N–H and O–H groups in total. The van der Waals surface area contributed by atoms with Gasteiger partial charge in [0.1, 0.15) is 0 Å². The molecule has 1 aromatic heterocycles. The smallest absolute Gasteiger partial charge is 0.218 e. The maximum atomic E-state index is 5.77. The van der Waals surface area contributed by atoms with Crippen LogP contribution in [0.15, 0.2) is 23.3 Å². The molecule has 5 nitrogen and oxygen atoms in total. The number of pyridine rings is 1. The van der Waals surface area contributed by atoms with Crippen molar-refractivity contribution in [2.24, 2.45) is 10.7 Å². The highest BCUT2D eigenvalue weighted by atomic mass is 16.5. The summed E-state index contributed by atoms with van der Waals surface area (Å²) in [6.45, 7) is 7.33. The van der Waals surface area contributed by atoms with Gasteiger partial charge in [-0.25, -0.2) is 9.98 Å². The van der Waals surface area contributed by atoms with Crippen molar-refractivity contribution in [3.05, 3.63) is 23.9 Å². The van der Waals surface area contributed by atoms with Crippen LogP contribution in [-0.4, -0.2) is 23.6 Å². The van der Waals surface area contributed by atoms with Crippen LogP contribution >= 0.6 is 0 Å². The molecule has 0 bridgehead atoms. The average molecular weight is 264 g/mol. The molecule has 0 unspecified atom stereocenters. The first-order chi connectivity index (χ1) is 9.13. The Bertz CT molecular complexity index is 404. The Morgan fingerprint density at radius 3 is 3.00 bits per heavy atom. The van der Waals surface area contributed by atoms with Crippen LogP contribution in [0.4, 0.5) is 0 Å². The second kappa shape index (κ2) is 8.34. The van der Waals surface area contributed by atoms with Crippen molar-refractivity contribution in [2.75, 3.05) is 6.61 Å². The highest BCUT2D eigenvalue weighted by molar-refractivity contribution is 5.78. The first kappa shape index (κ1) is 15.3. The predicted octanol–water partition coefficient (Wildman–Crippen LogP) is 2.07. The summed E-state index contributed by atoms with van der Waals surface area (Å²) in [6.07, 6.45) is 3.85. The number of guanidine groups is 1. The number of unbranched alkanes of at least 4 members (excludes halogenated alkanes) is 1. The Hall–Kier alpha value is -1.78. The summed E-state index contributed by atoms with van der Waals surface area (Å²) in [5.74, 6) is 1.09. The van der Waals surface area contributed by atoms with Crippen LogP contribution in [0.3, 0.4) is 0 Å². The predicted molar refractivity (Wildman–Crippen MR) is 78.2 cm³/mol. The average Bonchev–Trinajstić information content (AvgIpc) is 2.37. The molecule has 0 spiro atoms. The Balaban J connectivity index is 2.61. The molecule has 0 aliphatic rings. The van der Waals surface area contributed by atoms with E-state index in [0.29, 0.717) is 25.0 Å². The number of nitrogens with one attached hydrogen (secondary N) is 1. The lowest BCUT2D eigenvalue weighted by molar-refractivity contribution is 0.294. The van der Waals surface area contributed by atoms with Gasteiger partial charge in [0.2, 0.25) is 5.88 Å². The van der Waals surface area contributed by atoms with Gasteiger partial charge in [0.25, 0.3) is 0 Å². The summed E-state index contributed by atoms with van der Waals surface area (Å²) in [5, 5.41) is 3.05. The lowest BCUT2D eigenvalue weighted by Crippen LogP contribution is -2.36. The third-order valence-electron chi connectivity index (χ3n) is 2.44. The van der Waals surface area contributed by atoms with E-state index < -0.39 is 0 Å². The zero-order valence-corrected chi connectivity index (χ0v) is 12.0. The van der Waals surface area contributed by atoms with Gasteiger partial charge >= 0.3 is 0 Å². The van der Waals surface area contributed by atoms with E-state index in [1.54, 1.807) is 6.20 Å². The minimum Gasteiger partial charge on any atom is -0.477 e. The van der Waals surface area contributed by atoms with Crippen molar-refractivity contribution in [1.29, 1.82) is 0 Å². The number of rotatable bonds is 7. The number of hydrogen-bond acceptors (Lipinski definition) is 3. The Morgan fingerprint density at radius 1 is 1.53 bits per heavy atom. The number of ether oxygens (including phenoxy) is 1. The van der Waals surface area contributed by atoms with E-state index in [0.717, 1.165) is 18.4 Å². The summed E-state index contributed by atoms with van der Waals surface area (Å²) >= 11 is 0. The molecule has 0 amide bonds. The molecule has 5 heteroatoms. The van der Waals surface area contributed by atoms with E-state index in [-0.39, 0.29) is 6.04 Å². The zero-order valence-electron chi connectivity index (χ0n) is 12.0. The van der Waals surface area contributed by atoms with Crippen molar-refractivity contribution in [1.82, 2.24) is 10.3 Å². The fourth-order valence-corrected chi connectivity index (χ4v) is 1.50. The Kier molecular flexibility index (Phi) is 6.71. The first-order valence-electron chi connectivity index (χ1n) is 6.76. The minimum absolute atomic E-state index is 0.276. The van der Waals surface area contributed by atoms with E-state index in [9.17, 15) is 0 Å². The van der Waals surface area contributed by atoms with Crippen LogP contribution in [-0.2, 0) is 6.54 Å². The molecule has 0 fully saturated rings. The normalized spacial score (nSPS) is 11.7. The summed E-state index contributed by atoms with van der Waals surface area (Å²) in [4.78, 5) is 8.52. The maximum Gasteiger partial charge on any atom is 0.218 e. The van der Waals surface area contributed by atoms with Crippen LogP contribution < -0.4 is 15.8 Å². The lowest BCUT2D eigenvalue weighted by Gasteiger charge is -2.10. The maximum absolute atomic E-state index is 5.77. The van der Waals surface area contributed by atoms with E-state index in [1.165, 1.54) is 0 Å². The number of aliphatic imine (C=N–C) groups is 1. The Morgan fingerprint density at radius 2 is 2.32 bits per heavy atom. The third kappa shape index (κ3) is 6.08. The molecule has 0 aliphatic carbocycles. The van der Waals surface area contributed by atoms with E-state index in [4.69, 9.17) is 10.5 Å². The molecule has 1 aromatic rings. The van der Waals surface area contributed by atoms with Crippen LogP contribution in [0.5, 0.6) is 5.88 Å². The van der Waals surface area contributed by atoms with E-state index in [2.05, 4.69) is 22.2 Å². The van der Waals surface area contributed by atoms with Gasteiger partial charge < -0.3 is 15.8 Å². The monoisotopic (exact) mass is 264 g/mol. The Labute approximate surface area is 115 Å². The highest BCUT2D eigenvalue weighted by Gasteiger charge is 2.04. The van der Waals surface area contributed by atoms with E-state index >= 15 is 0 Å². The minimum atomic E-state index is 0.276. The topological polar surface area (TPSA) is 72.5 Å². The largest absolute Gasteiger partial charge is 0.477 e. The quantitative estimate of drug-likeness (QED) is 0.449. The zero-order chi connectivity index (χ0) is 14.1. The van der Waals surface area contributed by atoms with Crippen molar-refractivity contribution < 1.29 is 4.74 Å². The SMILES string of the molecule is CCCCOc1ncccc1CN=C(N)NC(C)C. The fourth-order valence-electron chi connectivity index (χ4n) is 1.50. The number of aromatic nitrogens is 1. The molecule has 106 valence electrons. The number of hydrogen-bond donors (Lipinski definition) is 2. The first-order valence-corrected chi connectivity index (χ1v) is 6.76. The molecule has 1 heterocycles. The molecule has 0 radical (unpaired) electrons. The molecule has 0 atom stereocenters. The molecule has 19 heavy (non-hydrogen) atoms. The van der Waals surface area contributed by atoms with Crippen LogP contribution in [0.25, 0.3) is 0 Å². The molecular formula is C14H24N4O. The molecule has 0 saturated carbocycles. The molecular weight excluding hydrogens is 240 g/mol. The van der Waals surface area contributed by atoms with Crippen molar-refractivity contribution in [3.8, 4) is 5.88 Å². The lowest BCUT2D eigenvalue weighted by atomic mass is 10.2. The van der Waals surface area contributed by atoms with Gasteiger partial charge in [-0.3, -0.25) is 0 Å². The standard InChI is InChI=1S/C14H24N4O/c1-4-5-9-19-13-12(7-6-8-16-13)10-17-14(15)18-11(2)3/h6-8,11H,4-5,9-10H2,1-3H3,(H3,15,17,18). The van der Waals surface area contributed by atoms with Gasteiger partial charge in [0.05, 0.1) is 13.2 Å². The van der Waals surface area contributed by atoms with Gasteiger partial charge in [0.15, 0.2) is 5.96 Å². The van der Waals surface area contributed by atoms with Crippen molar-refractivity contribution in [2.45, 2.75) is 46.2 Å².